The Hall–Kier alpha value is -1.18. The van der Waals surface area contributed by atoms with E-state index in [1.54, 1.807) is 16.2 Å². The van der Waals surface area contributed by atoms with Crippen LogP contribution >= 0.6 is 11.3 Å². The van der Waals surface area contributed by atoms with E-state index in [-0.39, 0.29) is 12.1 Å². The van der Waals surface area contributed by atoms with E-state index >= 15 is 0 Å². The van der Waals surface area contributed by atoms with Gasteiger partial charge in [0.15, 0.2) is 0 Å². The predicted molar refractivity (Wildman–Crippen MR) is 82.8 cm³/mol. The van der Waals surface area contributed by atoms with Crippen molar-refractivity contribution in [3.63, 3.8) is 0 Å². The average Bonchev–Trinajstić information content (AvgIpc) is 3.05. The lowest BCUT2D eigenvalue weighted by Crippen LogP contribution is -2.44. The summed E-state index contributed by atoms with van der Waals surface area (Å²) in [7, 11) is 0. The molecule has 0 radical (unpaired) electrons. The fraction of sp³-hybridized carbons (Fsp3) is 0.714. The van der Waals surface area contributed by atoms with Crippen molar-refractivity contribution in [3.8, 4) is 0 Å². The largest absolute Gasteiger partial charge is 0.444 e. The molecule has 1 aliphatic heterocycles. The normalized spacial score (nSPS) is 20.6. The van der Waals surface area contributed by atoms with E-state index in [1.165, 1.54) is 4.88 Å². The van der Waals surface area contributed by atoms with Crippen LogP contribution in [0.3, 0.4) is 0 Å². The zero-order valence-corrected chi connectivity index (χ0v) is 13.7. The fourth-order valence-electron chi connectivity index (χ4n) is 2.53. The van der Waals surface area contributed by atoms with Crippen LogP contribution in [0.4, 0.5) is 4.79 Å². The predicted octanol–water partition coefficient (Wildman–Crippen LogP) is 1.77. The summed E-state index contributed by atoms with van der Waals surface area (Å²) >= 11 is 1.63. The molecule has 3 N–H and O–H groups in total. The number of nitrogens with two attached hydrogens (primary N) is 1. The van der Waals surface area contributed by atoms with Crippen molar-refractivity contribution in [1.82, 2.24) is 15.3 Å². The molecule has 0 spiro atoms. The molecule has 1 aliphatic rings. The van der Waals surface area contributed by atoms with Gasteiger partial charge in [0.2, 0.25) is 0 Å². The second kappa shape index (κ2) is 6.72. The van der Waals surface area contributed by atoms with Crippen molar-refractivity contribution in [3.05, 3.63) is 16.6 Å². The fourth-order valence-corrected chi connectivity index (χ4v) is 3.18. The zero-order valence-electron chi connectivity index (χ0n) is 12.8. The van der Waals surface area contributed by atoms with Gasteiger partial charge in [-0.1, -0.05) is 0 Å². The number of nitrogens with one attached hydrogen (secondary N) is 1. The maximum Gasteiger partial charge on any atom is 0.410 e. The highest BCUT2D eigenvalue weighted by molar-refractivity contribution is 7.09. The molecule has 2 heterocycles. The minimum absolute atomic E-state index is 0.151. The molecule has 21 heavy (non-hydrogen) atoms. The van der Waals surface area contributed by atoms with Crippen molar-refractivity contribution >= 4 is 17.4 Å². The van der Waals surface area contributed by atoms with Crippen LogP contribution in [0.1, 0.15) is 32.1 Å². The van der Waals surface area contributed by atoms with Crippen molar-refractivity contribution in [1.29, 1.82) is 0 Å². The number of amides is 1. The van der Waals surface area contributed by atoms with Crippen LogP contribution in [0.2, 0.25) is 0 Å². The number of hydrogen-bond acceptors (Lipinski definition) is 6. The standard InChI is InChI=1S/C14H24N4O2S/c1-14(2,3)20-13(19)18-5-4-10(8-18)12(17-15)6-11-7-16-9-21-11/h7,9-10,12,17H,4-6,8,15H2,1-3H3. The number of carbonyl (C=O) groups excluding carboxylic acids is 1. The van der Waals surface area contributed by atoms with Gasteiger partial charge in [0.1, 0.15) is 5.60 Å². The molecule has 6 nitrogen and oxygen atoms in total. The molecule has 1 fully saturated rings. The second-order valence-electron chi connectivity index (χ2n) is 6.42. The minimum atomic E-state index is -0.455. The van der Waals surface area contributed by atoms with Gasteiger partial charge >= 0.3 is 6.09 Å². The maximum absolute atomic E-state index is 12.1. The van der Waals surface area contributed by atoms with Crippen LogP contribution in [0.5, 0.6) is 0 Å². The van der Waals surface area contributed by atoms with Gasteiger partial charge in [-0.25, -0.2) is 4.79 Å². The molecule has 2 unspecified atom stereocenters. The van der Waals surface area contributed by atoms with Crippen LogP contribution in [-0.4, -0.2) is 40.7 Å². The van der Waals surface area contributed by atoms with Gasteiger partial charge in [-0.15, -0.1) is 11.3 Å². The Labute approximate surface area is 129 Å². The summed E-state index contributed by atoms with van der Waals surface area (Å²) in [5.74, 6) is 6.03. The monoisotopic (exact) mass is 312 g/mol. The average molecular weight is 312 g/mol. The topological polar surface area (TPSA) is 80.5 Å². The van der Waals surface area contributed by atoms with Gasteiger partial charge in [-0.05, 0) is 33.1 Å². The molecule has 0 aromatic carbocycles. The smallest absolute Gasteiger partial charge is 0.410 e. The number of aromatic nitrogens is 1. The third-order valence-electron chi connectivity index (χ3n) is 3.56. The molecule has 1 aromatic rings. The van der Waals surface area contributed by atoms with Gasteiger partial charge in [-0.3, -0.25) is 16.3 Å². The summed E-state index contributed by atoms with van der Waals surface area (Å²) in [5, 5.41) is 0. The van der Waals surface area contributed by atoms with Gasteiger partial charge in [-0.2, -0.15) is 0 Å². The van der Waals surface area contributed by atoms with Crippen LogP contribution in [-0.2, 0) is 11.2 Å². The highest BCUT2D eigenvalue weighted by Crippen LogP contribution is 2.24. The SMILES string of the molecule is CC(C)(C)OC(=O)N1CCC(C(Cc2cncs2)NN)C1. The molecule has 118 valence electrons. The lowest BCUT2D eigenvalue weighted by Gasteiger charge is -2.25. The van der Waals surface area contributed by atoms with E-state index < -0.39 is 5.60 Å². The Balaban J connectivity index is 1.89. The number of ether oxygens (including phenoxy) is 1. The lowest BCUT2D eigenvalue weighted by atomic mass is 9.96. The lowest BCUT2D eigenvalue weighted by molar-refractivity contribution is 0.0285. The Morgan fingerprint density at radius 2 is 2.43 bits per heavy atom. The molecule has 0 aliphatic carbocycles. The van der Waals surface area contributed by atoms with Gasteiger partial charge in [0.05, 0.1) is 5.51 Å². The number of likely N-dealkylation sites (tertiary alicyclic amines) is 1. The first-order valence-corrected chi connectivity index (χ1v) is 8.08. The van der Waals surface area contributed by atoms with Crippen molar-refractivity contribution in [2.75, 3.05) is 13.1 Å². The number of hydrazine groups is 1. The molecule has 1 amide bonds. The minimum Gasteiger partial charge on any atom is -0.444 e. The number of thiazole rings is 1. The number of rotatable bonds is 4. The van der Waals surface area contributed by atoms with E-state index in [0.717, 1.165) is 19.4 Å². The molecular weight excluding hydrogens is 288 g/mol. The first-order valence-electron chi connectivity index (χ1n) is 7.20. The quantitative estimate of drug-likeness (QED) is 0.654. The van der Waals surface area contributed by atoms with E-state index in [1.807, 2.05) is 32.5 Å². The summed E-state index contributed by atoms with van der Waals surface area (Å²) in [6, 6.07) is 0.151. The Bertz CT molecular complexity index is 458. The summed E-state index contributed by atoms with van der Waals surface area (Å²) in [5.41, 5.74) is 4.26. The van der Waals surface area contributed by atoms with Gasteiger partial charge in [0, 0.05) is 36.6 Å². The molecule has 1 saturated heterocycles. The van der Waals surface area contributed by atoms with E-state index in [2.05, 4.69) is 10.4 Å². The molecule has 1 aromatic heterocycles. The number of nitrogens with zero attached hydrogens (tertiary/aromatic N) is 2. The van der Waals surface area contributed by atoms with Crippen LogP contribution in [0.15, 0.2) is 11.7 Å². The zero-order chi connectivity index (χ0) is 15.5. The molecule has 2 rings (SSSR count). The summed E-state index contributed by atoms with van der Waals surface area (Å²) in [4.78, 5) is 19.1. The molecule has 7 heteroatoms. The van der Waals surface area contributed by atoms with E-state index in [4.69, 9.17) is 10.6 Å². The van der Waals surface area contributed by atoms with Crippen LogP contribution in [0, 0.1) is 5.92 Å². The third-order valence-corrected chi connectivity index (χ3v) is 4.37. The highest BCUT2D eigenvalue weighted by Gasteiger charge is 2.33. The van der Waals surface area contributed by atoms with Gasteiger partial charge < -0.3 is 9.64 Å². The molecule has 0 bridgehead atoms. The highest BCUT2D eigenvalue weighted by atomic mass is 32.1. The van der Waals surface area contributed by atoms with E-state index in [9.17, 15) is 4.79 Å². The number of carbonyl (C=O) groups is 1. The summed E-state index contributed by atoms with van der Waals surface area (Å²) < 4.78 is 5.42. The Morgan fingerprint density at radius 1 is 1.67 bits per heavy atom. The van der Waals surface area contributed by atoms with Crippen molar-refractivity contribution in [2.24, 2.45) is 11.8 Å². The Morgan fingerprint density at radius 3 is 3.00 bits per heavy atom. The molecular formula is C14H24N4O2S. The number of hydrogen-bond donors (Lipinski definition) is 2. The Kier molecular flexibility index (Phi) is 5.18. The third kappa shape index (κ3) is 4.66. The first-order chi connectivity index (χ1) is 9.89. The molecule has 2 atom stereocenters. The summed E-state index contributed by atoms with van der Waals surface area (Å²) in [6.45, 7) is 7.05. The van der Waals surface area contributed by atoms with Crippen molar-refractivity contribution < 1.29 is 9.53 Å². The summed E-state index contributed by atoms with van der Waals surface area (Å²) in [6.07, 6.45) is 3.41. The van der Waals surface area contributed by atoms with Crippen LogP contribution < -0.4 is 11.3 Å². The molecule has 0 saturated carbocycles. The maximum atomic E-state index is 12.1. The van der Waals surface area contributed by atoms with Crippen molar-refractivity contribution in [2.45, 2.75) is 45.3 Å². The first kappa shape index (κ1) is 16.2. The van der Waals surface area contributed by atoms with E-state index in [0.29, 0.717) is 12.5 Å². The van der Waals surface area contributed by atoms with Crippen LogP contribution in [0.25, 0.3) is 0 Å². The second-order valence-corrected chi connectivity index (χ2v) is 7.39. The van der Waals surface area contributed by atoms with Gasteiger partial charge in [0.25, 0.3) is 0 Å².